The van der Waals surface area contributed by atoms with Crippen LogP contribution in [0.25, 0.3) is 98.1 Å². The van der Waals surface area contributed by atoms with Gasteiger partial charge in [0.05, 0.1) is 43.8 Å². The van der Waals surface area contributed by atoms with Gasteiger partial charge in [0.25, 0.3) is 16.7 Å². The van der Waals surface area contributed by atoms with E-state index in [2.05, 4.69) is 135 Å². The topological polar surface area (TPSA) is 334 Å². The van der Waals surface area contributed by atoms with Gasteiger partial charge in [-0.25, -0.2) is 29.5 Å². The summed E-state index contributed by atoms with van der Waals surface area (Å²) in [6, 6.07) is 63.8. The van der Waals surface area contributed by atoms with Gasteiger partial charge in [-0.3, -0.25) is 28.9 Å². The van der Waals surface area contributed by atoms with Crippen LogP contribution in [0.3, 0.4) is 0 Å². The average molecular weight is 1490 g/mol. The molecule has 0 spiro atoms. The summed E-state index contributed by atoms with van der Waals surface area (Å²) in [5.41, 5.74) is 13.9. The Morgan fingerprint density at radius 3 is 1.40 bits per heavy atom. The number of carbonyl (C=O) groups is 1. The fourth-order valence-corrected chi connectivity index (χ4v) is 11.0. The molecule has 19 nitrogen and oxygen atoms in total. The van der Waals surface area contributed by atoms with Crippen LogP contribution in [-0.2, 0) is 4.57 Å². The van der Waals surface area contributed by atoms with Crippen molar-refractivity contribution < 1.29 is 59.5 Å². The van der Waals surface area contributed by atoms with Crippen molar-refractivity contribution in [2.45, 2.75) is 34.6 Å². The number of fused-ring (bicyclic) bond motifs is 8. The van der Waals surface area contributed by atoms with Crippen LogP contribution in [0.15, 0.2) is 219 Å². The van der Waals surface area contributed by atoms with Crippen molar-refractivity contribution in [3.05, 3.63) is 291 Å². The maximum atomic E-state index is 12.5. The number of nitrogen functional groups attached to an aromatic ring is 1. The average Bonchev–Trinajstić information content (AvgIpc) is 0.791. The molecule has 0 radical (unpaired) electrons. The SMILES string of the molecule is Cc1cccc(C(=O)O)c1N.Cc1cccc2c(=O)[nH]c(-c3ccc4cc5ccccc5cc4c3)nc12.Cc1cccc2c(=O)[nH]c(=O)[nH]c12.Cc1cccc2c(=O)[nH]c(Cl)nc12.Cc1cccc2c(Cl)nc(Cl)nc12.O=P(Cl)(Cl)Cl.OB(O)c1ccc2cc3ccccc3cc2c1.[Na+].[OH-]. The second-order valence-electron chi connectivity index (χ2n) is 22.1. The van der Waals surface area contributed by atoms with Gasteiger partial charge in [0.1, 0.15) is 11.0 Å². The number of benzene rings is 11. The number of halogens is 6. The van der Waals surface area contributed by atoms with Gasteiger partial charge in [0, 0.05) is 16.6 Å². The molecule has 15 rings (SSSR count). The number of nitrogens with two attached hydrogens (primary N) is 1. The Morgan fingerprint density at radius 1 is 0.460 bits per heavy atom. The molecule has 100 heavy (non-hydrogen) atoms. The van der Waals surface area contributed by atoms with Crippen molar-refractivity contribution in [3.8, 4) is 11.4 Å². The summed E-state index contributed by atoms with van der Waals surface area (Å²) in [5.74, 6) is -0.377. The molecule has 11 aromatic carbocycles. The Hall–Kier alpha value is -8.80. The van der Waals surface area contributed by atoms with E-state index >= 15 is 0 Å². The number of hydrogen-bond donors (Lipinski definition) is 8. The van der Waals surface area contributed by atoms with Crippen LogP contribution in [0.1, 0.15) is 38.2 Å². The second-order valence-corrected chi connectivity index (χ2v) is 29.7. The molecule has 0 aliphatic rings. The smallest absolute Gasteiger partial charge is 0.870 e. The third-order valence-corrected chi connectivity index (χ3v) is 15.9. The number of hydrogen-bond acceptors (Lipinski definition) is 14. The van der Waals surface area contributed by atoms with Gasteiger partial charge < -0.3 is 36.3 Å². The van der Waals surface area contributed by atoms with Gasteiger partial charge >= 0.3 is 53.5 Å². The molecule has 502 valence electrons. The number of rotatable bonds is 3. The molecular weight excluding hydrogens is 1430 g/mol. The third-order valence-electron chi connectivity index (χ3n) is 15.2. The summed E-state index contributed by atoms with van der Waals surface area (Å²) < 4.78 is 9.51. The largest absolute Gasteiger partial charge is 1.00 e. The van der Waals surface area contributed by atoms with Crippen LogP contribution in [-0.4, -0.2) is 73.6 Å². The molecule has 15 aromatic rings. The Labute approximate surface area is 621 Å². The molecule has 0 amide bonds. The first-order valence-corrected chi connectivity index (χ1v) is 35.1. The number of nitrogens with one attached hydrogen (secondary N) is 4. The molecule has 0 bridgehead atoms. The quantitative estimate of drug-likeness (QED) is 0.0203. The minimum atomic E-state index is -3.22. The van der Waals surface area contributed by atoms with Crippen molar-refractivity contribution in [2.24, 2.45) is 0 Å². The van der Waals surface area contributed by atoms with Crippen molar-refractivity contribution in [1.29, 1.82) is 0 Å². The summed E-state index contributed by atoms with van der Waals surface area (Å²) in [6.45, 7) is 9.46. The van der Waals surface area contributed by atoms with E-state index in [1.807, 2.05) is 119 Å². The number of anilines is 1. The second kappa shape index (κ2) is 35.0. The van der Waals surface area contributed by atoms with E-state index in [1.165, 1.54) is 27.6 Å². The normalized spacial score (nSPS) is 10.6. The van der Waals surface area contributed by atoms with Crippen LogP contribution in [0.5, 0.6) is 0 Å². The van der Waals surface area contributed by atoms with E-state index in [-0.39, 0.29) is 67.8 Å². The number of para-hydroxylation sites is 5. The zero-order valence-electron chi connectivity index (χ0n) is 53.9. The van der Waals surface area contributed by atoms with Crippen molar-refractivity contribution in [1.82, 2.24) is 39.9 Å². The zero-order chi connectivity index (χ0) is 70.7. The van der Waals surface area contributed by atoms with Crippen LogP contribution < -0.4 is 63.1 Å². The van der Waals surface area contributed by atoms with Crippen LogP contribution in [0.2, 0.25) is 15.7 Å². The molecule has 0 saturated heterocycles. The summed E-state index contributed by atoms with van der Waals surface area (Å²) >= 11 is 31.1. The van der Waals surface area contributed by atoms with Gasteiger partial charge in [-0.15, -0.1) is 0 Å². The molecular formula is C72H58BCl6N9NaO10P. The Balaban J connectivity index is 0.000000170. The standard InChI is InChI=1S/C23H16N2O.C14H11BO2.C9H6Cl2N2.C9H7ClN2O.C9H8N2O2.C8H9NO2.Cl3OP.Na.H2O/c1-14-5-4-8-20-21(14)24-22(25-23(20)26)18-10-9-17-11-15-6-2-3-7-16(15)12-19(17)13-18;16-15(17)14-6-5-12-7-10-3-1-2-4-11(10)8-13(12)9-14;1-5-3-2-4-6-7(5)12-9(11)13-8(6)10;1-5-3-2-4-6-7(5)11-9(10)12-8(6)13;1-5-3-2-4-6-7(5)10-9(13)11-8(6)12;1-5-3-2-4-6(7(5)9)8(10)11;1-5(2,3)4;;/h2-13H,1H3,(H,24,25,26);1-9,16-17H;2-4H,1H3;2-4H,1H3,(H,11,12,13);2-4H,1H3,(H2,10,11,12,13);2-4H,9H2,1H3,(H,10,11);;;1H2/q;;;;;;;+1;/p-1. The number of H-pyrrole nitrogens is 4. The Kier molecular flexibility index (Phi) is 27.5. The van der Waals surface area contributed by atoms with Crippen LogP contribution in [0.4, 0.5) is 5.69 Å². The van der Waals surface area contributed by atoms with E-state index in [0.29, 0.717) is 49.3 Å². The number of aromatic amines is 4. The van der Waals surface area contributed by atoms with E-state index < -0.39 is 24.0 Å². The van der Waals surface area contributed by atoms with Gasteiger partial charge in [-0.05, 0) is 229 Å². The summed E-state index contributed by atoms with van der Waals surface area (Å²) in [4.78, 5) is 83.4. The van der Waals surface area contributed by atoms with Gasteiger partial charge in [-0.2, -0.15) is 0 Å². The van der Waals surface area contributed by atoms with E-state index in [9.17, 15) is 28.5 Å². The molecule has 0 fully saturated rings. The first kappa shape index (κ1) is 78.5. The van der Waals surface area contributed by atoms with Crippen molar-refractivity contribution in [2.75, 3.05) is 5.73 Å². The van der Waals surface area contributed by atoms with Crippen LogP contribution in [0, 0.1) is 34.6 Å². The van der Waals surface area contributed by atoms with Gasteiger partial charge in [-0.1, -0.05) is 151 Å². The summed E-state index contributed by atoms with van der Waals surface area (Å²) in [7, 11) is -1.41. The molecule has 0 saturated carbocycles. The summed E-state index contributed by atoms with van der Waals surface area (Å²) in [6.07, 6.45) is 0. The zero-order valence-corrected chi connectivity index (χ0v) is 61.4. The molecule has 0 unspecified atom stereocenters. The predicted octanol–water partition coefficient (Wildman–Crippen LogP) is 13.4. The van der Waals surface area contributed by atoms with Gasteiger partial charge in [0.2, 0.25) is 10.6 Å². The molecule has 4 heterocycles. The fraction of sp³-hybridized carbons (Fsp3) is 0.0694. The van der Waals surface area contributed by atoms with Crippen LogP contribution >= 0.6 is 73.7 Å². The molecule has 0 atom stereocenters. The maximum Gasteiger partial charge on any atom is 1.00 e. The minimum absolute atomic E-state index is 0. The first-order valence-electron chi connectivity index (χ1n) is 29.5. The first-order chi connectivity index (χ1) is 46.6. The molecule has 10 N–H and O–H groups in total. The number of carboxylic acids is 1. The number of carboxylic acid groups (broad SMARTS) is 1. The van der Waals surface area contributed by atoms with E-state index in [0.717, 1.165) is 71.3 Å². The van der Waals surface area contributed by atoms with E-state index in [4.69, 9.17) is 60.7 Å². The van der Waals surface area contributed by atoms with E-state index in [1.54, 1.807) is 43.3 Å². The Morgan fingerprint density at radius 2 is 0.880 bits per heavy atom. The minimum Gasteiger partial charge on any atom is -0.870 e. The monoisotopic (exact) mass is 1480 g/mol. The maximum absolute atomic E-state index is 12.5. The molecule has 4 aromatic heterocycles. The number of aromatic nitrogens is 8. The van der Waals surface area contributed by atoms with Crippen molar-refractivity contribution in [3.63, 3.8) is 0 Å². The molecule has 28 heteroatoms. The number of aryl methyl sites for hydroxylation is 5. The third kappa shape index (κ3) is 20.2. The molecule has 0 aliphatic heterocycles. The predicted molar refractivity (Wildman–Crippen MR) is 405 cm³/mol. The number of aromatic carboxylic acids is 1. The fourth-order valence-electron chi connectivity index (χ4n) is 10.4. The molecule has 0 aliphatic carbocycles. The Bertz CT molecular complexity index is 5840. The van der Waals surface area contributed by atoms with Crippen molar-refractivity contribution >= 4 is 185 Å². The van der Waals surface area contributed by atoms with Gasteiger partial charge in [0.15, 0.2) is 0 Å². The summed E-state index contributed by atoms with van der Waals surface area (Å²) in [5, 5.41) is 36.2. The number of nitrogens with zero attached hydrogens (tertiary/aromatic N) is 4.